The summed E-state index contributed by atoms with van der Waals surface area (Å²) in [6, 6.07) is 25.5. The van der Waals surface area contributed by atoms with Gasteiger partial charge in [0.05, 0.1) is 27.7 Å². The van der Waals surface area contributed by atoms with Crippen LogP contribution in [0.25, 0.3) is 16.5 Å². The summed E-state index contributed by atoms with van der Waals surface area (Å²) in [5.74, 6) is 0.0165. The van der Waals surface area contributed by atoms with Crippen LogP contribution in [-0.2, 0) is 19.9 Å². The number of hydrogen-bond donors (Lipinski definition) is 3. The normalized spacial score (nSPS) is 18.7. The molecule has 15 heteroatoms. The molecule has 5 aromatic rings. The number of ether oxygens (including phenoxy) is 1. The molecule has 8 rings (SSSR count). The molecule has 2 aliphatic heterocycles. The molecule has 1 aromatic heterocycles. The number of hydrogen-bond acceptors (Lipinski definition) is 10. The number of carbonyl (C=O) groups is 1. The second-order valence-electron chi connectivity index (χ2n) is 16.9. The summed E-state index contributed by atoms with van der Waals surface area (Å²) < 4.78 is 59.7. The monoisotopic (exact) mass is 870 g/mol. The van der Waals surface area contributed by atoms with Gasteiger partial charge in [0.2, 0.25) is 0 Å². The van der Waals surface area contributed by atoms with E-state index in [9.17, 15) is 21.6 Å². The predicted molar refractivity (Wildman–Crippen MR) is 239 cm³/mol. The quantitative estimate of drug-likeness (QED) is 0.120. The Kier molecular flexibility index (Phi) is 11.8. The number of fused-ring (bicyclic) bond motifs is 1. The van der Waals surface area contributed by atoms with Gasteiger partial charge in [0.15, 0.2) is 9.84 Å². The zero-order chi connectivity index (χ0) is 42.2. The number of nitrogens with one attached hydrogen (secondary N) is 3. The third kappa shape index (κ3) is 9.68. The standard InChI is InChI=1S/C45H51ClN6O6S2/c1-31-26-38(10-13-41(31)48-52-22-24-59(54,55)25-23-52)60(56,57)49-44(53)39-11-8-36(28-43(39)58-37-9-12-42-33(27-37)15-17-47-42)51-20-18-50(19-21-51)30-34-14-16-45(2,3)29-40(34)32-4-6-35(46)7-5-32/h4-13,15,17,26-28,47-48H,14,16,18-25,29-30H2,1-3H3,(H,49,53). The number of benzene rings is 4. The first-order valence-corrected chi connectivity index (χ1v) is 24.0. The fourth-order valence-electron chi connectivity index (χ4n) is 8.26. The number of anilines is 2. The molecule has 12 nitrogen and oxygen atoms in total. The van der Waals surface area contributed by atoms with Crippen LogP contribution in [0.2, 0.25) is 5.02 Å². The number of halogens is 1. The van der Waals surface area contributed by atoms with Gasteiger partial charge in [0.25, 0.3) is 15.9 Å². The molecule has 316 valence electrons. The van der Waals surface area contributed by atoms with Crippen LogP contribution < -0.4 is 19.8 Å². The number of amides is 1. The maximum atomic E-state index is 13.9. The van der Waals surface area contributed by atoms with Crippen LogP contribution >= 0.6 is 11.6 Å². The van der Waals surface area contributed by atoms with Gasteiger partial charge in [-0.25, -0.2) is 26.6 Å². The van der Waals surface area contributed by atoms with Crippen molar-refractivity contribution in [3.63, 3.8) is 0 Å². The zero-order valence-electron chi connectivity index (χ0n) is 34.1. The first kappa shape index (κ1) is 41.9. The van der Waals surface area contributed by atoms with Gasteiger partial charge in [-0.15, -0.1) is 0 Å². The molecule has 3 aliphatic rings. The number of sulfonamides is 1. The average molecular weight is 872 g/mol. The lowest BCUT2D eigenvalue weighted by Gasteiger charge is -2.39. The van der Waals surface area contributed by atoms with Gasteiger partial charge in [-0.3, -0.25) is 9.69 Å². The third-order valence-corrected chi connectivity index (χ3v) is 15.0. The number of rotatable bonds is 11. The number of sulfone groups is 1. The minimum Gasteiger partial charge on any atom is -0.456 e. The molecule has 0 spiro atoms. The van der Waals surface area contributed by atoms with E-state index in [4.69, 9.17) is 16.3 Å². The van der Waals surface area contributed by atoms with Crippen LogP contribution in [0, 0.1) is 12.3 Å². The van der Waals surface area contributed by atoms with Gasteiger partial charge in [0.1, 0.15) is 11.5 Å². The second kappa shape index (κ2) is 16.9. The van der Waals surface area contributed by atoms with E-state index in [1.165, 1.54) is 28.8 Å². The Balaban J connectivity index is 0.991. The van der Waals surface area contributed by atoms with Crippen molar-refractivity contribution in [3.05, 3.63) is 118 Å². The van der Waals surface area contributed by atoms with Crippen molar-refractivity contribution >= 4 is 65.2 Å². The van der Waals surface area contributed by atoms with Crippen molar-refractivity contribution in [2.24, 2.45) is 5.41 Å². The van der Waals surface area contributed by atoms with Crippen molar-refractivity contribution in [2.45, 2.75) is 44.9 Å². The van der Waals surface area contributed by atoms with E-state index in [-0.39, 0.29) is 33.1 Å². The van der Waals surface area contributed by atoms with Crippen LogP contribution in [0.15, 0.2) is 102 Å². The Hall–Kier alpha value is -4.86. The number of nitrogens with zero attached hydrogens (tertiary/aromatic N) is 3. The number of aryl methyl sites for hydroxylation is 1. The summed E-state index contributed by atoms with van der Waals surface area (Å²) in [7, 11) is -7.34. The number of hydrazine groups is 1. The smallest absolute Gasteiger partial charge is 0.268 e. The topological polar surface area (TPSA) is 144 Å². The lowest BCUT2D eigenvalue weighted by molar-refractivity contribution is 0.0979. The van der Waals surface area contributed by atoms with E-state index in [1.54, 1.807) is 24.1 Å². The summed E-state index contributed by atoms with van der Waals surface area (Å²) >= 11 is 6.24. The van der Waals surface area contributed by atoms with E-state index in [0.29, 0.717) is 30.1 Å². The minimum atomic E-state index is -4.29. The molecule has 0 atom stereocenters. The molecular formula is C45H51ClN6O6S2. The van der Waals surface area contributed by atoms with Crippen LogP contribution in [0.5, 0.6) is 11.5 Å². The number of aromatic amines is 1. The van der Waals surface area contributed by atoms with Gasteiger partial charge in [-0.2, -0.15) is 0 Å². The Morgan fingerprint density at radius 1 is 0.900 bits per heavy atom. The summed E-state index contributed by atoms with van der Waals surface area (Å²) in [5, 5.41) is 3.47. The van der Waals surface area contributed by atoms with Gasteiger partial charge in [-0.1, -0.05) is 43.2 Å². The number of carbonyl (C=O) groups excluding carboxylic acids is 1. The number of H-pyrrole nitrogens is 1. The van der Waals surface area contributed by atoms with Crippen LogP contribution in [-0.4, -0.2) is 95.0 Å². The van der Waals surface area contributed by atoms with Gasteiger partial charge in [-0.05, 0) is 115 Å². The molecule has 0 unspecified atom stereocenters. The van der Waals surface area contributed by atoms with Crippen molar-refractivity contribution in [1.29, 1.82) is 0 Å². The van der Waals surface area contributed by atoms with Crippen molar-refractivity contribution in [1.82, 2.24) is 19.6 Å². The summed E-state index contributed by atoms with van der Waals surface area (Å²) in [4.78, 5) is 21.8. The fourth-order valence-corrected chi connectivity index (χ4v) is 10.6. The van der Waals surface area contributed by atoms with Gasteiger partial charge < -0.3 is 20.0 Å². The largest absolute Gasteiger partial charge is 0.456 e. The maximum Gasteiger partial charge on any atom is 0.268 e. The van der Waals surface area contributed by atoms with E-state index < -0.39 is 25.8 Å². The van der Waals surface area contributed by atoms with E-state index in [2.05, 4.69) is 50.9 Å². The number of allylic oxidation sites excluding steroid dienone is 1. The molecule has 60 heavy (non-hydrogen) atoms. The fraction of sp³-hybridized carbons (Fsp3) is 0.356. The summed E-state index contributed by atoms with van der Waals surface area (Å²) in [6.45, 7) is 11.2. The SMILES string of the molecule is Cc1cc(S(=O)(=O)NC(=O)c2ccc(N3CCN(CC4=C(c5ccc(Cl)cc5)CC(C)(C)CC4)CC3)cc2Oc2ccc3[nH]ccc3c2)ccc1NN1CCS(=O)(=O)CC1. The zero-order valence-corrected chi connectivity index (χ0v) is 36.5. The van der Waals surface area contributed by atoms with Crippen LogP contribution in [0.4, 0.5) is 11.4 Å². The molecule has 3 N–H and O–H groups in total. The highest BCUT2D eigenvalue weighted by Gasteiger charge is 2.30. The molecule has 1 aliphatic carbocycles. The molecule has 3 heterocycles. The molecule has 4 aromatic carbocycles. The van der Waals surface area contributed by atoms with Crippen molar-refractivity contribution < 1.29 is 26.4 Å². The van der Waals surface area contributed by atoms with E-state index in [1.807, 2.05) is 54.7 Å². The lowest BCUT2D eigenvalue weighted by atomic mass is 9.72. The molecule has 2 saturated heterocycles. The van der Waals surface area contributed by atoms with Crippen molar-refractivity contribution in [2.75, 3.05) is 67.6 Å². The van der Waals surface area contributed by atoms with Crippen molar-refractivity contribution in [3.8, 4) is 11.5 Å². The average Bonchev–Trinajstić information content (AvgIpc) is 3.68. The third-order valence-electron chi connectivity index (χ3n) is 11.9. The van der Waals surface area contributed by atoms with E-state index >= 15 is 0 Å². The van der Waals surface area contributed by atoms with E-state index in [0.717, 1.165) is 73.6 Å². The maximum absolute atomic E-state index is 13.9. The second-order valence-corrected chi connectivity index (χ2v) is 21.3. The lowest BCUT2D eigenvalue weighted by Crippen LogP contribution is -2.47. The molecule has 0 bridgehead atoms. The Morgan fingerprint density at radius 2 is 1.65 bits per heavy atom. The highest BCUT2D eigenvalue weighted by Crippen LogP contribution is 2.43. The Morgan fingerprint density at radius 3 is 2.38 bits per heavy atom. The number of aromatic nitrogens is 1. The van der Waals surface area contributed by atoms with Crippen LogP contribution in [0.1, 0.15) is 54.6 Å². The predicted octanol–water partition coefficient (Wildman–Crippen LogP) is 7.88. The minimum absolute atomic E-state index is 0.0478. The van der Waals surface area contributed by atoms with Gasteiger partial charge >= 0.3 is 0 Å². The summed E-state index contributed by atoms with van der Waals surface area (Å²) in [5.41, 5.74) is 10.7. The first-order valence-electron chi connectivity index (χ1n) is 20.3. The van der Waals surface area contributed by atoms with Crippen LogP contribution in [0.3, 0.4) is 0 Å². The summed E-state index contributed by atoms with van der Waals surface area (Å²) in [6.07, 6.45) is 5.09. The first-order chi connectivity index (χ1) is 28.6. The Bertz CT molecular complexity index is 2660. The molecule has 2 fully saturated rings. The highest BCUT2D eigenvalue weighted by molar-refractivity contribution is 7.91. The highest BCUT2D eigenvalue weighted by atomic mass is 35.5. The molecular weight excluding hydrogens is 820 g/mol. The molecule has 0 saturated carbocycles. The molecule has 1 amide bonds. The Labute approximate surface area is 357 Å². The van der Waals surface area contributed by atoms with Gasteiger partial charge in [0, 0.05) is 79.7 Å². The molecule has 0 radical (unpaired) electrons. The number of piperazine rings is 1.